The number of fused-ring (bicyclic) bond motifs is 6. The molecule has 0 fully saturated rings. The summed E-state index contributed by atoms with van der Waals surface area (Å²) in [5.41, 5.74) is 0.501. The van der Waals surface area contributed by atoms with E-state index in [1.54, 1.807) is 11.3 Å². The largest absolute Gasteiger partial charge is 0.466 e. The summed E-state index contributed by atoms with van der Waals surface area (Å²) in [6.45, 7) is 1.99. The fourth-order valence-corrected chi connectivity index (χ4v) is 5.29. The molecule has 2 aromatic heterocycles. The minimum Gasteiger partial charge on any atom is -0.466 e. The smallest absolute Gasteiger partial charge is 0.270 e. The van der Waals surface area contributed by atoms with Gasteiger partial charge in [-0.25, -0.2) is 4.99 Å². The van der Waals surface area contributed by atoms with Gasteiger partial charge in [-0.15, -0.1) is 11.3 Å². The fourth-order valence-electron chi connectivity index (χ4n) is 3.44. The quantitative estimate of drug-likeness (QED) is 0.674. The number of para-hydroxylation sites is 1. The van der Waals surface area contributed by atoms with Crippen LogP contribution in [-0.2, 0) is 0 Å². The molecule has 24 heavy (non-hydrogen) atoms. The number of ether oxygens (including phenoxy) is 1. The van der Waals surface area contributed by atoms with Gasteiger partial charge in [0.15, 0.2) is 4.80 Å². The Hall–Kier alpha value is -2.18. The van der Waals surface area contributed by atoms with Crippen molar-refractivity contribution >= 4 is 28.7 Å². The number of thiophene rings is 1. The molecule has 2 aliphatic heterocycles. The SMILES string of the molecule is CC12CC(c3ccccc3O1)n1c(s/c(=C\c3cccs3)c1=O)=N2. The lowest BCUT2D eigenvalue weighted by atomic mass is 9.93. The Labute approximate surface area is 146 Å². The van der Waals surface area contributed by atoms with E-state index >= 15 is 0 Å². The first-order chi connectivity index (χ1) is 11.6. The normalized spacial score (nSPS) is 24.7. The van der Waals surface area contributed by atoms with Gasteiger partial charge in [0.2, 0.25) is 5.72 Å². The summed E-state index contributed by atoms with van der Waals surface area (Å²) >= 11 is 3.07. The van der Waals surface area contributed by atoms with Crippen LogP contribution in [0.2, 0.25) is 0 Å². The van der Waals surface area contributed by atoms with Gasteiger partial charge in [0, 0.05) is 16.9 Å². The molecule has 2 atom stereocenters. The third-order valence-corrected chi connectivity index (χ3v) is 6.28. The molecule has 2 aliphatic rings. The molecule has 120 valence electrons. The van der Waals surface area contributed by atoms with Gasteiger partial charge >= 0.3 is 0 Å². The highest BCUT2D eigenvalue weighted by atomic mass is 32.1. The first-order valence-electron chi connectivity index (χ1n) is 7.77. The number of hydrogen-bond donors (Lipinski definition) is 0. The van der Waals surface area contributed by atoms with Crippen LogP contribution in [0.1, 0.15) is 29.8 Å². The van der Waals surface area contributed by atoms with Crippen molar-refractivity contribution in [3.05, 3.63) is 71.9 Å². The van der Waals surface area contributed by atoms with Gasteiger partial charge in [0.1, 0.15) is 5.75 Å². The van der Waals surface area contributed by atoms with Crippen molar-refractivity contribution in [2.75, 3.05) is 0 Å². The van der Waals surface area contributed by atoms with Crippen LogP contribution >= 0.6 is 22.7 Å². The highest BCUT2D eigenvalue weighted by Gasteiger charge is 2.42. The van der Waals surface area contributed by atoms with Gasteiger partial charge < -0.3 is 4.74 Å². The van der Waals surface area contributed by atoms with E-state index < -0.39 is 5.72 Å². The highest BCUT2D eigenvalue weighted by Crippen LogP contribution is 2.42. The van der Waals surface area contributed by atoms with E-state index in [1.165, 1.54) is 11.3 Å². The zero-order valence-electron chi connectivity index (χ0n) is 12.9. The lowest BCUT2D eigenvalue weighted by Gasteiger charge is -2.39. The summed E-state index contributed by atoms with van der Waals surface area (Å²) in [6, 6.07) is 11.9. The standard InChI is InChI=1S/C18H14N2O2S2/c1-18-10-13(12-6-2-3-7-14(12)22-18)20-16(21)15(24-17(20)19-18)9-11-5-4-8-23-11/h2-9,13H,10H2,1H3/b15-9-. The number of aromatic nitrogens is 1. The zero-order valence-corrected chi connectivity index (χ0v) is 14.6. The summed E-state index contributed by atoms with van der Waals surface area (Å²) in [6.07, 6.45) is 2.64. The summed E-state index contributed by atoms with van der Waals surface area (Å²) in [5, 5.41) is 2.01. The molecule has 0 spiro atoms. The van der Waals surface area contributed by atoms with Gasteiger partial charge in [-0.1, -0.05) is 35.6 Å². The molecular formula is C18H14N2O2S2. The van der Waals surface area contributed by atoms with Crippen molar-refractivity contribution in [1.82, 2.24) is 4.57 Å². The molecule has 0 saturated heterocycles. The summed E-state index contributed by atoms with van der Waals surface area (Å²) in [5.74, 6) is 0.826. The predicted molar refractivity (Wildman–Crippen MR) is 95.5 cm³/mol. The Balaban J connectivity index is 1.80. The van der Waals surface area contributed by atoms with Crippen LogP contribution < -0.4 is 19.6 Å². The molecule has 1 aromatic carbocycles. The second kappa shape index (κ2) is 4.91. The predicted octanol–water partition coefficient (Wildman–Crippen LogP) is 2.52. The second-order valence-corrected chi connectivity index (χ2v) is 8.22. The van der Waals surface area contributed by atoms with Crippen LogP contribution in [0.4, 0.5) is 0 Å². The van der Waals surface area contributed by atoms with Crippen LogP contribution in [0, 0.1) is 0 Å². The van der Waals surface area contributed by atoms with Crippen LogP contribution in [0.5, 0.6) is 5.75 Å². The molecule has 2 unspecified atom stereocenters. The molecule has 0 aliphatic carbocycles. The number of hydrogen-bond acceptors (Lipinski definition) is 5. The first kappa shape index (κ1) is 14.2. The first-order valence-corrected chi connectivity index (χ1v) is 9.47. The van der Waals surface area contributed by atoms with Gasteiger partial charge in [-0.3, -0.25) is 9.36 Å². The monoisotopic (exact) mass is 354 g/mol. The molecule has 4 heterocycles. The number of nitrogens with zero attached hydrogens (tertiary/aromatic N) is 2. The lowest BCUT2D eigenvalue weighted by molar-refractivity contribution is 0.0410. The van der Waals surface area contributed by atoms with Crippen molar-refractivity contribution in [1.29, 1.82) is 0 Å². The van der Waals surface area contributed by atoms with Crippen molar-refractivity contribution in [2.24, 2.45) is 4.99 Å². The Morgan fingerprint density at radius 3 is 3.04 bits per heavy atom. The number of benzene rings is 1. The molecule has 5 rings (SSSR count). The van der Waals surface area contributed by atoms with Crippen LogP contribution in [-0.4, -0.2) is 10.3 Å². The number of rotatable bonds is 1. The second-order valence-electron chi connectivity index (χ2n) is 6.23. The summed E-state index contributed by atoms with van der Waals surface area (Å²) in [7, 11) is 0. The Kier molecular flexibility index (Phi) is 2.90. The van der Waals surface area contributed by atoms with Gasteiger partial charge in [-0.2, -0.15) is 0 Å². The third kappa shape index (κ3) is 2.03. The van der Waals surface area contributed by atoms with E-state index in [4.69, 9.17) is 9.73 Å². The van der Waals surface area contributed by atoms with Gasteiger partial charge in [0.25, 0.3) is 5.56 Å². The Morgan fingerprint density at radius 1 is 1.33 bits per heavy atom. The molecule has 0 saturated carbocycles. The van der Waals surface area contributed by atoms with Crippen molar-refractivity contribution < 1.29 is 4.74 Å². The lowest BCUT2D eigenvalue weighted by Crippen LogP contribution is -2.49. The Bertz CT molecular complexity index is 1110. The molecule has 2 bridgehead atoms. The van der Waals surface area contributed by atoms with Crippen molar-refractivity contribution in [2.45, 2.75) is 25.1 Å². The van der Waals surface area contributed by atoms with Crippen LogP contribution in [0.3, 0.4) is 0 Å². The van der Waals surface area contributed by atoms with E-state index in [0.29, 0.717) is 6.42 Å². The minimum absolute atomic E-state index is 0.0123. The van der Waals surface area contributed by atoms with Crippen LogP contribution in [0.15, 0.2) is 51.6 Å². The maximum Gasteiger partial charge on any atom is 0.270 e. The minimum atomic E-state index is -0.601. The van der Waals surface area contributed by atoms with E-state index in [0.717, 1.165) is 25.5 Å². The van der Waals surface area contributed by atoms with E-state index in [1.807, 2.05) is 59.3 Å². The maximum atomic E-state index is 13.0. The molecule has 6 heteroatoms. The molecule has 3 aromatic rings. The number of thiazole rings is 1. The van der Waals surface area contributed by atoms with E-state index in [-0.39, 0.29) is 11.6 Å². The maximum absolute atomic E-state index is 13.0. The summed E-state index contributed by atoms with van der Waals surface area (Å²) < 4.78 is 8.69. The third-order valence-electron chi connectivity index (χ3n) is 4.48. The topological polar surface area (TPSA) is 43.6 Å². The van der Waals surface area contributed by atoms with Crippen molar-refractivity contribution in [3.8, 4) is 5.75 Å². The molecule has 0 N–H and O–H groups in total. The van der Waals surface area contributed by atoms with E-state index in [2.05, 4.69) is 0 Å². The van der Waals surface area contributed by atoms with Crippen LogP contribution in [0.25, 0.3) is 6.08 Å². The molecule has 0 amide bonds. The fraction of sp³-hybridized carbons (Fsp3) is 0.222. The molecule has 0 radical (unpaired) electrons. The highest BCUT2D eigenvalue weighted by molar-refractivity contribution is 7.11. The average molecular weight is 354 g/mol. The Morgan fingerprint density at radius 2 is 2.21 bits per heavy atom. The zero-order chi connectivity index (χ0) is 16.3. The van der Waals surface area contributed by atoms with Gasteiger partial charge in [-0.05, 0) is 30.5 Å². The van der Waals surface area contributed by atoms with Crippen molar-refractivity contribution in [3.63, 3.8) is 0 Å². The van der Waals surface area contributed by atoms with E-state index in [9.17, 15) is 4.79 Å². The summed E-state index contributed by atoms with van der Waals surface area (Å²) in [4.78, 5) is 19.6. The molecule has 4 nitrogen and oxygen atoms in total. The molecular weight excluding hydrogens is 340 g/mol. The van der Waals surface area contributed by atoms with Gasteiger partial charge in [0.05, 0.1) is 10.6 Å². The average Bonchev–Trinajstić information content (AvgIpc) is 3.16.